The lowest BCUT2D eigenvalue weighted by Gasteiger charge is -2.24. The van der Waals surface area contributed by atoms with E-state index in [0.29, 0.717) is 30.0 Å². The standard InChI is InChI=1S/C13H16FN5O/c1-3-20-13(2)5-8(4-9(13)14)19-7-18-10-11(15)16-6-17-12(10)19/h4,6-8H,3,5H2,1-2H3,(H2,15,16,17)/t8-,13-/m0/s1. The first-order chi connectivity index (χ1) is 9.55. The van der Waals surface area contributed by atoms with Crippen molar-refractivity contribution in [3.63, 3.8) is 0 Å². The SMILES string of the molecule is CCO[C@@]1(C)C[C@@H](n2cnc3c(N)ncnc32)C=C1F. The zero-order chi connectivity index (χ0) is 14.3. The minimum absolute atomic E-state index is 0.189. The molecule has 0 bridgehead atoms. The number of nitrogens with zero attached hydrogens (tertiary/aromatic N) is 4. The van der Waals surface area contributed by atoms with Crippen LogP contribution in [0.5, 0.6) is 0 Å². The number of imidazole rings is 1. The van der Waals surface area contributed by atoms with Gasteiger partial charge in [0.1, 0.15) is 23.3 Å². The van der Waals surface area contributed by atoms with E-state index in [1.807, 2.05) is 6.92 Å². The van der Waals surface area contributed by atoms with Gasteiger partial charge in [-0.15, -0.1) is 0 Å². The van der Waals surface area contributed by atoms with E-state index in [9.17, 15) is 4.39 Å². The summed E-state index contributed by atoms with van der Waals surface area (Å²) >= 11 is 0. The predicted octanol–water partition coefficient (Wildman–Crippen LogP) is 2.00. The molecule has 1 aliphatic rings. The highest BCUT2D eigenvalue weighted by molar-refractivity contribution is 5.81. The van der Waals surface area contributed by atoms with E-state index in [-0.39, 0.29) is 11.9 Å². The molecule has 2 aromatic rings. The van der Waals surface area contributed by atoms with E-state index >= 15 is 0 Å². The van der Waals surface area contributed by atoms with Gasteiger partial charge in [0, 0.05) is 13.0 Å². The van der Waals surface area contributed by atoms with Gasteiger partial charge in [-0.3, -0.25) is 0 Å². The van der Waals surface area contributed by atoms with E-state index in [2.05, 4.69) is 15.0 Å². The average Bonchev–Trinajstić information content (AvgIpc) is 2.94. The lowest BCUT2D eigenvalue weighted by atomic mass is 10.0. The number of rotatable bonds is 3. The summed E-state index contributed by atoms with van der Waals surface area (Å²) < 4.78 is 21.5. The van der Waals surface area contributed by atoms with E-state index < -0.39 is 5.60 Å². The second-order valence-corrected chi connectivity index (χ2v) is 5.03. The Labute approximate surface area is 115 Å². The zero-order valence-corrected chi connectivity index (χ0v) is 11.4. The summed E-state index contributed by atoms with van der Waals surface area (Å²) in [6.07, 6.45) is 5.05. The van der Waals surface area contributed by atoms with Crippen LogP contribution >= 0.6 is 0 Å². The van der Waals surface area contributed by atoms with Crippen molar-refractivity contribution in [1.82, 2.24) is 19.5 Å². The maximum absolute atomic E-state index is 14.1. The first-order valence-electron chi connectivity index (χ1n) is 6.50. The highest BCUT2D eigenvalue weighted by Gasteiger charge is 2.40. The molecule has 1 aliphatic carbocycles. The van der Waals surface area contributed by atoms with Crippen LogP contribution in [0.15, 0.2) is 24.6 Å². The molecule has 6 nitrogen and oxygen atoms in total. The predicted molar refractivity (Wildman–Crippen MR) is 72.6 cm³/mol. The fourth-order valence-electron chi connectivity index (χ4n) is 2.64. The van der Waals surface area contributed by atoms with Crippen LogP contribution in [0, 0.1) is 0 Å². The van der Waals surface area contributed by atoms with Crippen molar-refractivity contribution in [1.29, 1.82) is 0 Å². The molecule has 2 heterocycles. The van der Waals surface area contributed by atoms with Crippen molar-refractivity contribution in [3.05, 3.63) is 24.6 Å². The van der Waals surface area contributed by atoms with Crippen LogP contribution in [0.25, 0.3) is 11.2 Å². The van der Waals surface area contributed by atoms with Crippen molar-refractivity contribution in [2.24, 2.45) is 0 Å². The maximum Gasteiger partial charge on any atom is 0.165 e. The van der Waals surface area contributed by atoms with Gasteiger partial charge in [-0.25, -0.2) is 19.3 Å². The lowest BCUT2D eigenvalue weighted by molar-refractivity contribution is -0.0134. The van der Waals surface area contributed by atoms with Gasteiger partial charge in [-0.1, -0.05) is 0 Å². The van der Waals surface area contributed by atoms with Crippen LogP contribution in [0.4, 0.5) is 10.2 Å². The lowest BCUT2D eigenvalue weighted by Crippen LogP contribution is -2.28. The van der Waals surface area contributed by atoms with Crippen molar-refractivity contribution in [2.45, 2.75) is 31.9 Å². The van der Waals surface area contributed by atoms with Gasteiger partial charge >= 0.3 is 0 Å². The van der Waals surface area contributed by atoms with Crippen LogP contribution in [0.2, 0.25) is 0 Å². The topological polar surface area (TPSA) is 78.9 Å². The smallest absolute Gasteiger partial charge is 0.165 e. The number of fused-ring (bicyclic) bond motifs is 1. The molecule has 106 valence electrons. The van der Waals surface area contributed by atoms with Gasteiger partial charge in [-0.05, 0) is 19.9 Å². The molecule has 0 unspecified atom stereocenters. The van der Waals surface area contributed by atoms with Crippen LogP contribution in [-0.4, -0.2) is 31.7 Å². The molecule has 2 N–H and O–H groups in total. The first-order valence-corrected chi connectivity index (χ1v) is 6.50. The summed E-state index contributed by atoms with van der Waals surface area (Å²) in [5.74, 6) is 0.0667. The molecule has 0 fully saturated rings. The number of aromatic nitrogens is 4. The zero-order valence-electron chi connectivity index (χ0n) is 11.4. The third kappa shape index (κ3) is 1.85. The fourth-order valence-corrected chi connectivity index (χ4v) is 2.64. The van der Waals surface area contributed by atoms with Crippen molar-refractivity contribution in [2.75, 3.05) is 12.3 Å². The van der Waals surface area contributed by atoms with Crippen LogP contribution in [0.3, 0.4) is 0 Å². The molecule has 20 heavy (non-hydrogen) atoms. The molecule has 0 spiro atoms. The first kappa shape index (κ1) is 13.0. The van der Waals surface area contributed by atoms with Gasteiger partial charge in [0.25, 0.3) is 0 Å². The maximum atomic E-state index is 14.1. The monoisotopic (exact) mass is 277 g/mol. The third-order valence-electron chi connectivity index (χ3n) is 3.65. The second kappa shape index (κ2) is 4.52. The van der Waals surface area contributed by atoms with E-state index in [1.165, 1.54) is 6.33 Å². The van der Waals surface area contributed by atoms with Crippen LogP contribution in [0.1, 0.15) is 26.3 Å². The second-order valence-electron chi connectivity index (χ2n) is 5.03. The number of hydrogen-bond acceptors (Lipinski definition) is 5. The molecule has 0 radical (unpaired) electrons. The summed E-state index contributed by atoms with van der Waals surface area (Å²) in [4.78, 5) is 12.3. The minimum Gasteiger partial charge on any atom is -0.382 e. The molecular formula is C13H16FN5O. The molecule has 0 aliphatic heterocycles. The Balaban J connectivity index is 2.00. The number of halogens is 1. The summed E-state index contributed by atoms with van der Waals surface area (Å²) in [5.41, 5.74) is 6.01. The molecule has 2 aromatic heterocycles. The Hall–Kier alpha value is -2.02. The molecular weight excluding hydrogens is 261 g/mol. The van der Waals surface area contributed by atoms with Crippen molar-refractivity contribution >= 4 is 17.0 Å². The minimum atomic E-state index is -0.880. The molecule has 3 rings (SSSR count). The number of nitrogen functional groups attached to an aromatic ring is 1. The normalized spacial score (nSPS) is 26.1. The summed E-state index contributed by atoms with van der Waals surface area (Å²) in [7, 11) is 0. The number of ether oxygens (including phenoxy) is 1. The van der Waals surface area contributed by atoms with Crippen LogP contribution < -0.4 is 5.73 Å². The largest absolute Gasteiger partial charge is 0.382 e. The van der Waals surface area contributed by atoms with E-state index in [1.54, 1.807) is 23.9 Å². The van der Waals surface area contributed by atoms with E-state index in [0.717, 1.165) is 0 Å². The molecule has 0 aromatic carbocycles. The third-order valence-corrected chi connectivity index (χ3v) is 3.65. The Morgan fingerprint density at radius 2 is 2.30 bits per heavy atom. The number of nitrogens with two attached hydrogens (primary N) is 1. The van der Waals surface area contributed by atoms with Crippen molar-refractivity contribution < 1.29 is 9.13 Å². The molecule has 2 atom stereocenters. The number of allylic oxidation sites excluding steroid dienone is 1. The quantitative estimate of drug-likeness (QED) is 0.928. The summed E-state index contributed by atoms with van der Waals surface area (Å²) in [6, 6.07) is -0.189. The molecule has 7 heteroatoms. The fraction of sp³-hybridized carbons (Fsp3) is 0.462. The van der Waals surface area contributed by atoms with Crippen LogP contribution in [-0.2, 0) is 4.74 Å². The number of anilines is 1. The van der Waals surface area contributed by atoms with Gasteiger partial charge < -0.3 is 15.0 Å². The Bertz CT molecular complexity index is 682. The highest BCUT2D eigenvalue weighted by Crippen LogP contribution is 2.41. The molecule has 0 saturated heterocycles. The Morgan fingerprint density at radius 3 is 3.05 bits per heavy atom. The van der Waals surface area contributed by atoms with E-state index in [4.69, 9.17) is 10.5 Å². The van der Waals surface area contributed by atoms with Gasteiger partial charge in [0.15, 0.2) is 11.5 Å². The summed E-state index contributed by atoms with van der Waals surface area (Å²) in [5, 5.41) is 0. The Morgan fingerprint density at radius 1 is 1.50 bits per heavy atom. The summed E-state index contributed by atoms with van der Waals surface area (Å²) in [6.45, 7) is 4.07. The van der Waals surface area contributed by atoms with Gasteiger partial charge in [0.2, 0.25) is 0 Å². The van der Waals surface area contributed by atoms with Crippen molar-refractivity contribution in [3.8, 4) is 0 Å². The molecule has 0 amide bonds. The van der Waals surface area contributed by atoms with Gasteiger partial charge in [-0.2, -0.15) is 0 Å². The Kier molecular flexibility index (Phi) is 2.93. The number of hydrogen-bond donors (Lipinski definition) is 1. The average molecular weight is 277 g/mol. The highest BCUT2D eigenvalue weighted by atomic mass is 19.1. The molecule has 0 saturated carbocycles. The van der Waals surface area contributed by atoms with Gasteiger partial charge in [0.05, 0.1) is 12.4 Å².